The van der Waals surface area contributed by atoms with Crippen LogP contribution in [0.1, 0.15) is 22.8 Å². The van der Waals surface area contributed by atoms with Crippen molar-refractivity contribution < 1.29 is 19.1 Å². The lowest BCUT2D eigenvalue weighted by Gasteiger charge is -2.09. The van der Waals surface area contributed by atoms with Gasteiger partial charge in [-0.05, 0) is 42.8 Å². The molecule has 6 nitrogen and oxygen atoms in total. The van der Waals surface area contributed by atoms with Gasteiger partial charge in [0.05, 0.1) is 13.7 Å². The Labute approximate surface area is 159 Å². The average Bonchev–Trinajstić information content (AvgIpc) is 2.71. The van der Waals surface area contributed by atoms with Gasteiger partial charge in [-0.3, -0.25) is 9.59 Å². The Morgan fingerprint density at radius 2 is 1.74 bits per heavy atom. The highest BCUT2D eigenvalue weighted by Crippen LogP contribution is 2.28. The minimum absolute atomic E-state index is 0.165. The van der Waals surface area contributed by atoms with Gasteiger partial charge in [0.25, 0.3) is 5.91 Å². The number of hydrogen-bond acceptors (Lipinski definition) is 4. The van der Waals surface area contributed by atoms with Gasteiger partial charge in [0, 0.05) is 24.7 Å². The van der Waals surface area contributed by atoms with Crippen LogP contribution in [0.3, 0.4) is 0 Å². The van der Waals surface area contributed by atoms with Crippen LogP contribution in [0.5, 0.6) is 11.5 Å². The van der Waals surface area contributed by atoms with E-state index in [9.17, 15) is 9.59 Å². The molecule has 2 aromatic rings. The summed E-state index contributed by atoms with van der Waals surface area (Å²) in [5.74, 6) is 0.873. The number of hydrogen-bond donors (Lipinski definition) is 2. The maximum atomic E-state index is 11.9. The summed E-state index contributed by atoms with van der Waals surface area (Å²) in [6.45, 7) is 3.15. The number of carbonyl (C=O) groups excluding carboxylic acids is 2. The molecule has 0 aliphatic carbocycles. The van der Waals surface area contributed by atoms with Crippen molar-refractivity contribution in [2.24, 2.45) is 0 Å². The number of amides is 2. The first-order valence-electron chi connectivity index (χ1n) is 8.74. The van der Waals surface area contributed by atoms with E-state index in [1.54, 1.807) is 49.6 Å². The molecule has 0 heterocycles. The van der Waals surface area contributed by atoms with Gasteiger partial charge in [-0.15, -0.1) is 0 Å². The topological polar surface area (TPSA) is 76.7 Å². The molecule has 0 bridgehead atoms. The van der Waals surface area contributed by atoms with Crippen molar-refractivity contribution in [2.75, 3.05) is 26.8 Å². The van der Waals surface area contributed by atoms with Crippen LogP contribution in [0.15, 0.2) is 54.6 Å². The van der Waals surface area contributed by atoms with Crippen LogP contribution in [0.2, 0.25) is 0 Å². The van der Waals surface area contributed by atoms with E-state index in [2.05, 4.69) is 10.6 Å². The highest BCUT2D eigenvalue weighted by Gasteiger charge is 2.05. The molecule has 0 aromatic heterocycles. The van der Waals surface area contributed by atoms with Crippen molar-refractivity contribution in [3.05, 3.63) is 65.7 Å². The molecular formula is C21H24N2O4. The molecule has 0 unspecified atom stereocenters. The molecule has 0 saturated carbocycles. The maximum absolute atomic E-state index is 11.9. The van der Waals surface area contributed by atoms with E-state index >= 15 is 0 Å². The molecule has 0 spiro atoms. The van der Waals surface area contributed by atoms with Gasteiger partial charge in [0.15, 0.2) is 11.5 Å². The van der Waals surface area contributed by atoms with Gasteiger partial charge in [-0.1, -0.05) is 24.3 Å². The summed E-state index contributed by atoms with van der Waals surface area (Å²) in [7, 11) is 1.57. The Balaban J connectivity index is 1.77. The number of methoxy groups -OCH3 is 1. The molecule has 0 saturated heterocycles. The molecule has 0 atom stereocenters. The van der Waals surface area contributed by atoms with E-state index in [1.165, 1.54) is 6.08 Å². The Morgan fingerprint density at radius 3 is 2.44 bits per heavy atom. The summed E-state index contributed by atoms with van der Waals surface area (Å²) in [5, 5.41) is 5.48. The van der Waals surface area contributed by atoms with Crippen LogP contribution in [0.25, 0.3) is 6.08 Å². The Morgan fingerprint density at radius 1 is 1.00 bits per heavy atom. The van der Waals surface area contributed by atoms with Crippen molar-refractivity contribution in [3.63, 3.8) is 0 Å². The fraction of sp³-hybridized carbons (Fsp3) is 0.238. The molecule has 2 N–H and O–H groups in total. The highest BCUT2D eigenvalue weighted by atomic mass is 16.5. The van der Waals surface area contributed by atoms with Crippen LogP contribution in [-0.4, -0.2) is 38.6 Å². The molecule has 2 amide bonds. The van der Waals surface area contributed by atoms with Gasteiger partial charge < -0.3 is 20.1 Å². The maximum Gasteiger partial charge on any atom is 0.251 e. The van der Waals surface area contributed by atoms with Crippen LogP contribution < -0.4 is 20.1 Å². The number of nitrogens with one attached hydrogen (secondary N) is 2. The summed E-state index contributed by atoms with van der Waals surface area (Å²) in [4.78, 5) is 23.8. The fourth-order valence-corrected chi connectivity index (χ4v) is 2.35. The quantitative estimate of drug-likeness (QED) is 0.527. The molecule has 0 radical (unpaired) electrons. The van der Waals surface area contributed by atoms with Gasteiger partial charge in [0.2, 0.25) is 5.91 Å². The summed E-state index contributed by atoms with van der Waals surface area (Å²) in [6, 6.07) is 14.4. The standard InChI is InChI=1S/C21H24N2O4/c1-3-27-18-11-9-16(15-19(18)26-2)10-12-20(24)22-13-14-23-21(25)17-7-5-4-6-8-17/h4-12,15H,3,13-14H2,1-2H3,(H,22,24)(H,23,25)/b12-10+. The van der Waals surface area contributed by atoms with Crippen molar-refractivity contribution in [3.8, 4) is 11.5 Å². The van der Waals surface area contributed by atoms with E-state index in [0.717, 1.165) is 5.56 Å². The van der Waals surface area contributed by atoms with Crippen molar-refractivity contribution in [1.29, 1.82) is 0 Å². The van der Waals surface area contributed by atoms with E-state index in [-0.39, 0.29) is 11.8 Å². The number of carbonyl (C=O) groups is 2. The molecule has 27 heavy (non-hydrogen) atoms. The lowest BCUT2D eigenvalue weighted by molar-refractivity contribution is -0.116. The molecule has 0 aliphatic heterocycles. The van der Waals surface area contributed by atoms with E-state index in [4.69, 9.17) is 9.47 Å². The van der Waals surface area contributed by atoms with Crippen molar-refractivity contribution >= 4 is 17.9 Å². The minimum Gasteiger partial charge on any atom is -0.493 e. The van der Waals surface area contributed by atoms with Gasteiger partial charge in [-0.2, -0.15) is 0 Å². The molecule has 6 heteroatoms. The van der Waals surface area contributed by atoms with E-state index in [1.807, 2.05) is 19.1 Å². The van der Waals surface area contributed by atoms with Crippen LogP contribution >= 0.6 is 0 Å². The third-order valence-electron chi connectivity index (χ3n) is 3.66. The molecule has 2 rings (SSSR count). The third kappa shape index (κ3) is 6.51. The summed E-state index contributed by atoms with van der Waals surface area (Å²) in [6.07, 6.45) is 3.13. The predicted molar refractivity (Wildman–Crippen MR) is 105 cm³/mol. The summed E-state index contributed by atoms with van der Waals surface area (Å²) < 4.78 is 10.7. The normalized spacial score (nSPS) is 10.4. The van der Waals surface area contributed by atoms with Crippen molar-refractivity contribution in [2.45, 2.75) is 6.92 Å². The second-order valence-electron chi connectivity index (χ2n) is 5.59. The molecule has 2 aromatic carbocycles. The van der Waals surface area contributed by atoms with E-state index in [0.29, 0.717) is 36.8 Å². The van der Waals surface area contributed by atoms with Gasteiger partial charge in [0.1, 0.15) is 0 Å². The Bertz CT molecular complexity index is 788. The fourth-order valence-electron chi connectivity index (χ4n) is 2.35. The van der Waals surface area contributed by atoms with Gasteiger partial charge in [-0.25, -0.2) is 0 Å². The lowest BCUT2D eigenvalue weighted by atomic mass is 10.2. The zero-order valence-corrected chi connectivity index (χ0v) is 15.5. The first kappa shape index (κ1) is 20.0. The molecular weight excluding hydrogens is 344 g/mol. The number of ether oxygens (including phenoxy) is 2. The van der Waals surface area contributed by atoms with Gasteiger partial charge >= 0.3 is 0 Å². The Hall–Kier alpha value is -3.28. The summed E-state index contributed by atoms with van der Waals surface area (Å²) in [5.41, 5.74) is 1.41. The van der Waals surface area contributed by atoms with Crippen LogP contribution in [-0.2, 0) is 4.79 Å². The molecule has 142 valence electrons. The largest absolute Gasteiger partial charge is 0.493 e. The molecule has 0 aliphatic rings. The second-order valence-corrected chi connectivity index (χ2v) is 5.59. The number of rotatable bonds is 9. The van der Waals surface area contributed by atoms with Crippen LogP contribution in [0, 0.1) is 0 Å². The minimum atomic E-state index is -0.239. The predicted octanol–water partition coefficient (Wildman–Crippen LogP) is 2.65. The number of benzene rings is 2. The monoisotopic (exact) mass is 368 g/mol. The summed E-state index contributed by atoms with van der Waals surface area (Å²) >= 11 is 0. The Kier molecular flexibility index (Phi) is 7.91. The first-order chi connectivity index (χ1) is 13.1. The second kappa shape index (κ2) is 10.7. The third-order valence-corrected chi connectivity index (χ3v) is 3.66. The lowest BCUT2D eigenvalue weighted by Crippen LogP contribution is -2.33. The smallest absolute Gasteiger partial charge is 0.251 e. The van der Waals surface area contributed by atoms with Crippen LogP contribution in [0.4, 0.5) is 0 Å². The first-order valence-corrected chi connectivity index (χ1v) is 8.74. The average molecular weight is 368 g/mol. The molecule has 0 fully saturated rings. The van der Waals surface area contributed by atoms with Crippen molar-refractivity contribution in [1.82, 2.24) is 10.6 Å². The van der Waals surface area contributed by atoms with E-state index < -0.39 is 0 Å². The highest BCUT2D eigenvalue weighted by molar-refractivity contribution is 5.94. The SMILES string of the molecule is CCOc1ccc(/C=C/C(=O)NCCNC(=O)c2ccccc2)cc1OC. The zero-order valence-electron chi connectivity index (χ0n) is 15.5. The zero-order chi connectivity index (χ0) is 19.5.